The van der Waals surface area contributed by atoms with E-state index in [1.165, 1.54) is 17.8 Å². The number of carboxylic acids is 1. The van der Waals surface area contributed by atoms with E-state index in [2.05, 4.69) is 9.97 Å². The number of nitrogens with zero attached hydrogens (tertiary/aromatic N) is 4. The summed E-state index contributed by atoms with van der Waals surface area (Å²) in [6.45, 7) is -0.676. The molecule has 1 amide bonds. The standard InChI is InChI=1S/C13H11N5O5/c1-17-13(23)8(12(22)15-5-7(19)20)9(21)11-16-10-6(18(11)17)3-2-4-14-10/h2-4,21H,5H2,1H3,(H,15,22)(H,19,20). The Kier molecular flexibility index (Phi) is 3.21. The highest BCUT2D eigenvalue weighted by Gasteiger charge is 2.24. The average molecular weight is 317 g/mol. The van der Waals surface area contributed by atoms with Crippen molar-refractivity contribution in [1.82, 2.24) is 24.5 Å². The quantitative estimate of drug-likeness (QED) is 0.569. The molecule has 0 aliphatic rings. The summed E-state index contributed by atoms with van der Waals surface area (Å²) >= 11 is 0. The Balaban J connectivity index is 2.29. The number of rotatable bonds is 3. The SMILES string of the molecule is Cn1c(=O)c(C(=O)NCC(=O)O)c(O)c2nc3ncccc3n21. The summed E-state index contributed by atoms with van der Waals surface area (Å²) in [6, 6.07) is 3.30. The van der Waals surface area contributed by atoms with E-state index < -0.39 is 35.3 Å². The lowest BCUT2D eigenvalue weighted by atomic mass is 10.2. The van der Waals surface area contributed by atoms with Crippen LogP contribution in [0, 0.1) is 0 Å². The number of fused-ring (bicyclic) bond motifs is 3. The van der Waals surface area contributed by atoms with Crippen LogP contribution in [0.4, 0.5) is 0 Å². The van der Waals surface area contributed by atoms with E-state index in [4.69, 9.17) is 5.11 Å². The molecule has 0 atom stereocenters. The molecule has 118 valence electrons. The third-order valence-electron chi connectivity index (χ3n) is 3.29. The first-order chi connectivity index (χ1) is 10.9. The molecule has 10 heteroatoms. The van der Waals surface area contributed by atoms with E-state index in [0.717, 1.165) is 4.68 Å². The summed E-state index contributed by atoms with van der Waals surface area (Å²) in [5, 5.41) is 20.9. The first-order valence-electron chi connectivity index (χ1n) is 6.47. The number of aromatic nitrogens is 4. The van der Waals surface area contributed by atoms with Crippen LogP contribution in [-0.2, 0) is 11.8 Å². The first kappa shape index (κ1) is 14.5. The van der Waals surface area contributed by atoms with Crippen LogP contribution in [0.2, 0.25) is 0 Å². The first-order valence-corrected chi connectivity index (χ1v) is 6.47. The summed E-state index contributed by atoms with van der Waals surface area (Å²) in [4.78, 5) is 43.0. The van der Waals surface area contributed by atoms with Gasteiger partial charge in [-0.2, -0.15) is 0 Å². The van der Waals surface area contributed by atoms with Crippen LogP contribution in [0.1, 0.15) is 10.4 Å². The largest absolute Gasteiger partial charge is 0.504 e. The van der Waals surface area contributed by atoms with Gasteiger partial charge in [-0.3, -0.25) is 14.4 Å². The number of hydrogen-bond donors (Lipinski definition) is 3. The Morgan fingerprint density at radius 3 is 2.83 bits per heavy atom. The lowest BCUT2D eigenvalue weighted by Crippen LogP contribution is -2.36. The molecule has 3 N–H and O–H groups in total. The van der Waals surface area contributed by atoms with Crippen LogP contribution in [0.15, 0.2) is 23.1 Å². The Hall–Kier alpha value is -3.43. The normalized spacial score (nSPS) is 11.0. The van der Waals surface area contributed by atoms with E-state index >= 15 is 0 Å². The zero-order valence-electron chi connectivity index (χ0n) is 11.8. The molecule has 3 rings (SSSR count). The minimum Gasteiger partial charge on any atom is -0.504 e. The van der Waals surface area contributed by atoms with Crippen LogP contribution in [0.25, 0.3) is 16.8 Å². The fourth-order valence-corrected chi connectivity index (χ4v) is 2.27. The van der Waals surface area contributed by atoms with Crippen molar-refractivity contribution in [2.24, 2.45) is 7.05 Å². The number of carboxylic acid groups (broad SMARTS) is 1. The second-order valence-electron chi connectivity index (χ2n) is 4.72. The highest BCUT2D eigenvalue weighted by molar-refractivity contribution is 6.00. The Bertz CT molecular complexity index is 1020. The molecule has 0 aliphatic heterocycles. The predicted molar refractivity (Wildman–Crippen MR) is 77.4 cm³/mol. The zero-order valence-corrected chi connectivity index (χ0v) is 11.8. The van der Waals surface area contributed by atoms with Gasteiger partial charge in [0.25, 0.3) is 11.5 Å². The average Bonchev–Trinajstić information content (AvgIpc) is 2.91. The monoisotopic (exact) mass is 317 g/mol. The zero-order chi connectivity index (χ0) is 16.7. The third kappa shape index (κ3) is 2.16. The maximum Gasteiger partial charge on any atom is 0.322 e. The van der Waals surface area contributed by atoms with Crippen molar-refractivity contribution in [1.29, 1.82) is 0 Å². The molecule has 0 saturated heterocycles. The summed E-state index contributed by atoms with van der Waals surface area (Å²) in [5.74, 6) is -2.89. The molecule has 0 bridgehead atoms. The second kappa shape index (κ2) is 5.09. The van der Waals surface area contributed by atoms with Crippen molar-refractivity contribution in [2.45, 2.75) is 0 Å². The van der Waals surface area contributed by atoms with Crippen LogP contribution in [-0.4, -0.2) is 47.8 Å². The van der Waals surface area contributed by atoms with Gasteiger partial charge < -0.3 is 15.5 Å². The molecule has 10 nitrogen and oxygen atoms in total. The molecule has 0 spiro atoms. The highest BCUT2D eigenvalue weighted by atomic mass is 16.4. The van der Waals surface area contributed by atoms with Crippen molar-refractivity contribution in [2.75, 3.05) is 6.54 Å². The lowest BCUT2D eigenvalue weighted by molar-refractivity contribution is -0.135. The van der Waals surface area contributed by atoms with Gasteiger partial charge in [0.1, 0.15) is 12.1 Å². The van der Waals surface area contributed by atoms with Gasteiger partial charge in [0.05, 0.1) is 0 Å². The number of aryl methyl sites for hydroxylation is 1. The number of nitrogens with one attached hydrogen (secondary N) is 1. The number of carbonyl (C=O) groups excluding carboxylic acids is 1. The van der Waals surface area contributed by atoms with Gasteiger partial charge in [-0.05, 0) is 12.1 Å². The Morgan fingerprint density at radius 1 is 1.39 bits per heavy atom. The number of aliphatic carboxylic acids is 1. The van der Waals surface area contributed by atoms with E-state index in [9.17, 15) is 19.5 Å². The summed E-state index contributed by atoms with van der Waals surface area (Å²) in [5.41, 5.74) is -0.616. The number of pyridine rings is 1. The molecule has 0 fully saturated rings. The number of hydrogen-bond acceptors (Lipinski definition) is 6. The van der Waals surface area contributed by atoms with Gasteiger partial charge in [-0.25, -0.2) is 19.2 Å². The molecule has 0 aromatic carbocycles. The van der Waals surface area contributed by atoms with Gasteiger partial charge in [0.15, 0.2) is 22.6 Å². The lowest BCUT2D eigenvalue weighted by Gasteiger charge is -2.10. The molecule has 3 aromatic rings. The molecule has 3 aromatic heterocycles. The van der Waals surface area contributed by atoms with Gasteiger partial charge in [0.2, 0.25) is 0 Å². The number of carbonyl (C=O) groups is 2. The minimum absolute atomic E-state index is 0.0266. The summed E-state index contributed by atoms with van der Waals surface area (Å²) in [7, 11) is 1.40. The number of amides is 1. The Morgan fingerprint density at radius 2 is 2.13 bits per heavy atom. The van der Waals surface area contributed by atoms with E-state index in [-0.39, 0.29) is 5.65 Å². The van der Waals surface area contributed by atoms with Gasteiger partial charge in [0, 0.05) is 13.2 Å². The fraction of sp³-hybridized carbons (Fsp3) is 0.154. The molecular weight excluding hydrogens is 306 g/mol. The van der Waals surface area contributed by atoms with Gasteiger partial charge >= 0.3 is 5.97 Å². The predicted octanol–water partition coefficient (Wildman–Crippen LogP) is -0.899. The third-order valence-corrected chi connectivity index (χ3v) is 3.29. The van der Waals surface area contributed by atoms with Crippen molar-refractivity contribution < 1.29 is 19.8 Å². The highest BCUT2D eigenvalue weighted by Crippen LogP contribution is 2.23. The van der Waals surface area contributed by atoms with Crippen molar-refractivity contribution in [3.63, 3.8) is 0 Å². The fourth-order valence-electron chi connectivity index (χ4n) is 2.27. The molecule has 3 heterocycles. The number of imidazole rings is 1. The van der Waals surface area contributed by atoms with Crippen LogP contribution in [0.3, 0.4) is 0 Å². The number of aromatic hydroxyl groups is 1. The van der Waals surface area contributed by atoms with E-state index in [1.54, 1.807) is 12.1 Å². The topological polar surface area (TPSA) is 139 Å². The molecular formula is C13H11N5O5. The van der Waals surface area contributed by atoms with Crippen LogP contribution >= 0.6 is 0 Å². The molecule has 0 radical (unpaired) electrons. The summed E-state index contributed by atoms with van der Waals surface area (Å²) < 4.78 is 2.43. The van der Waals surface area contributed by atoms with Crippen molar-refractivity contribution >= 4 is 28.7 Å². The van der Waals surface area contributed by atoms with Crippen LogP contribution in [0.5, 0.6) is 5.75 Å². The smallest absolute Gasteiger partial charge is 0.322 e. The van der Waals surface area contributed by atoms with E-state index in [0.29, 0.717) is 11.2 Å². The van der Waals surface area contributed by atoms with Crippen LogP contribution < -0.4 is 10.9 Å². The maximum atomic E-state index is 12.4. The molecule has 23 heavy (non-hydrogen) atoms. The minimum atomic E-state index is -1.27. The maximum absolute atomic E-state index is 12.4. The molecule has 0 aliphatic carbocycles. The molecule has 0 unspecified atom stereocenters. The van der Waals surface area contributed by atoms with E-state index in [1.807, 2.05) is 5.32 Å². The van der Waals surface area contributed by atoms with Crippen molar-refractivity contribution in [3.05, 3.63) is 34.2 Å². The Labute approximate surface area is 127 Å². The van der Waals surface area contributed by atoms with Crippen molar-refractivity contribution in [3.8, 4) is 5.75 Å². The molecule has 0 saturated carbocycles. The van der Waals surface area contributed by atoms with Gasteiger partial charge in [-0.1, -0.05) is 0 Å². The summed E-state index contributed by atoms with van der Waals surface area (Å²) in [6.07, 6.45) is 1.50. The van der Waals surface area contributed by atoms with Gasteiger partial charge in [-0.15, -0.1) is 0 Å². The second-order valence-corrected chi connectivity index (χ2v) is 4.72.